The predicted molar refractivity (Wildman–Crippen MR) is 88.9 cm³/mol. The fourth-order valence-electron chi connectivity index (χ4n) is 3.07. The Morgan fingerprint density at radius 2 is 1.75 bits per heavy atom. The number of rotatable bonds is 1. The predicted octanol–water partition coefficient (Wildman–Crippen LogP) is 2.48. The normalized spacial score (nSPS) is 24.6. The van der Waals surface area contributed by atoms with Crippen LogP contribution in [0.2, 0.25) is 0 Å². The third kappa shape index (κ3) is 2.33. The minimum absolute atomic E-state index is 0.322. The van der Waals surface area contributed by atoms with Crippen molar-refractivity contribution in [2.24, 2.45) is 5.73 Å². The SMILES string of the molecule is CC.CC1N(C)c2cccc(N3CCC(N)C3)c2N1C. The average molecular weight is 276 g/mol. The summed E-state index contributed by atoms with van der Waals surface area (Å²) in [5.41, 5.74) is 10.0. The molecule has 2 aliphatic rings. The molecule has 20 heavy (non-hydrogen) atoms. The van der Waals surface area contributed by atoms with Crippen LogP contribution < -0.4 is 20.4 Å². The van der Waals surface area contributed by atoms with Crippen LogP contribution in [0.4, 0.5) is 17.1 Å². The van der Waals surface area contributed by atoms with E-state index in [2.05, 4.69) is 53.9 Å². The molecule has 2 aliphatic heterocycles. The number of fused-ring (bicyclic) bond motifs is 1. The Balaban J connectivity index is 0.000000704. The summed E-state index contributed by atoms with van der Waals surface area (Å²) >= 11 is 0. The lowest BCUT2D eigenvalue weighted by molar-refractivity contribution is 0.709. The lowest BCUT2D eigenvalue weighted by Gasteiger charge is -2.26. The van der Waals surface area contributed by atoms with Gasteiger partial charge in [0.05, 0.1) is 23.2 Å². The molecular weight excluding hydrogens is 248 g/mol. The Labute approximate surface area is 123 Å². The number of hydrogen-bond donors (Lipinski definition) is 1. The van der Waals surface area contributed by atoms with E-state index in [9.17, 15) is 0 Å². The number of hydrogen-bond acceptors (Lipinski definition) is 4. The second-order valence-corrected chi connectivity index (χ2v) is 5.49. The number of nitrogens with two attached hydrogens (primary N) is 1. The van der Waals surface area contributed by atoms with E-state index >= 15 is 0 Å². The fraction of sp³-hybridized carbons (Fsp3) is 0.625. The molecule has 2 unspecified atom stereocenters. The van der Waals surface area contributed by atoms with Crippen LogP contribution in [0, 0.1) is 0 Å². The second-order valence-electron chi connectivity index (χ2n) is 5.49. The van der Waals surface area contributed by atoms with Gasteiger partial charge in [-0.3, -0.25) is 0 Å². The zero-order valence-electron chi connectivity index (χ0n) is 13.4. The van der Waals surface area contributed by atoms with Gasteiger partial charge in [-0.15, -0.1) is 0 Å². The van der Waals surface area contributed by atoms with Gasteiger partial charge in [0.1, 0.15) is 0 Å². The number of para-hydroxylation sites is 1. The average Bonchev–Trinajstić information content (AvgIpc) is 3.00. The lowest BCUT2D eigenvalue weighted by Crippen LogP contribution is -2.36. The maximum atomic E-state index is 6.03. The minimum Gasteiger partial charge on any atom is -0.368 e. The third-order valence-electron chi connectivity index (χ3n) is 4.41. The van der Waals surface area contributed by atoms with Crippen molar-refractivity contribution >= 4 is 17.1 Å². The first-order chi connectivity index (χ1) is 9.59. The Morgan fingerprint density at radius 3 is 2.35 bits per heavy atom. The molecule has 1 saturated heterocycles. The molecule has 3 rings (SSSR count). The van der Waals surface area contributed by atoms with Gasteiger partial charge in [-0.05, 0) is 25.5 Å². The molecule has 0 aliphatic carbocycles. The van der Waals surface area contributed by atoms with E-state index in [1.165, 1.54) is 17.1 Å². The van der Waals surface area contributed by atoms with Crippen molar-refractivity contribution in [3.05, 3.63) is 18.2 Å². The highest BCUT2D eigenvalue weighted by molar-refractivity contribution is 5.88. The summed E-state index contributed by atoms with van der Waals surface area (Å²) in [6, 6.07) is 6.90. The van der Waals surface area contributed by atoms with Crippen LogP contribution in [-0.4, -0.2) is 39.4 Å². The summed E-state index contributed by atoms with van der Waals surface area (Å²) in [7, 11) is 4.33. The highest BCUT2D eigenvalue weighted by Gasteiger charge is 2.32. The van der Waals surface area contributed by atoms with Gasteiger partial charge < -0.3 is 20.4 Å². The van der Waals surface area contributed by atoms with E-state index < -0.39 is 0 Å². The van der Waals surface area contributed by atoms with Crippen molar-refractivity contribution < 1.29 is 0 Å². The zero-order valence-corrected chi connectivity index (χ0v) is 13.4. The quantitative estimate of drug-likeness (QED) is 0.855. The standard InChI is InChI=1S/C14H22N4.C2H6/c1-10-16(2)12-5-4-6-13(14(12)17(10)3)18-8-7-11(15)9-18;1-2/h4-6,10-11H,7-9,15H2,1-3H3;1-2H3. The van der Waals surface area contributed by atoms with E-state index in [0.717, 1.165) is 19.5 Å². The molecule has 0 bridgehead atoms. The van der Waals surface area contributed by atoms with Crippen LogP contribution >= 0.6 is 0 Å². The van der Waals surface area contributed by atoms with E-state index in [1.807, 2.05) is 13.8 Å². The second kappa shape index (κ2) is 5.92. The number of nitrogens with zero attached hydrogens (tertiary/aromatic N) is 3. The fourth-order valence-corrected chi connectivity index (χ4v) is 3.07. The van der Waals surface area contributed by atoms with Crippen molar-refractivity contribution in [2.75, 3.05) is 41.9 Å². The Morgan fingerprint density at radius 1 is 1.10 bits per heavy atom. The lowest BCUT2D eigenvalue weighted by atomic mass is 10.2. The Hall–Kier alpha value is -1.42. The van der Waals surface area contributed by atoms with E-state index in [-0.39, 0.29) is 0 Å². The molecular formula is C16H28N4. The van der Waals surface area contributed by atoms with Crippen LogP contribution in [0.5, 0.6) is 0 Å². The smallest absolute Gasteiger partial charge is 0.0983 e. The zero-order chi connectivity index (χ0) is 14.9. The van der Waals surface area contributed by atoms with Crippen LogP contribution in [0.3, 0.4) is 0 Å². The largest absolute Gasteiger partial charge is 0.368 e. The van der Waals surface area contributed by atoms with Gasteiger partial charge in [0.15, 0.2) is 0 Å². The van der Waals surface area contributed by atoms with Gasteiger partial charge in [-0.1, -0.05) is 19.9 Å². The van der Waals surface area contributed by atoms with E-state index in [4.69, 9.17) is 5.73 Å². The Bertz CT molecular complexity index is 460. The third-order valence-corrected chi connectivity index (χ3v) is 4.41. The van der Waals surface area contributed by atoms with E-state index in [1.54, 1.807) is 0 Å². The molecule has 2 heterocycles. The monoisotopic (exact) mass is 276 g/mol. The van der Waals surface area contributed by atoms with Gasteiger partial charge in [0.25, 0.3) is 0 Å². The summed E-state index contributed by atoms with van der Waals surface area (Å²) < 4.78 is 0. The highest BCUT2D eigenvalue weighted by Crippen LogP contribution is 2.44. The van der Waals surface area contributed by atoms with Crippen LogP contribution in [0.1, 0.15) is 27.2 Å². The van der Waals surface area contributed by atoms with Crippen molar-refractivity contribution in [1.82, 2.24) is 0 Å². The maximum absolute atomic E-state index is 6.03. The van der Waals surface area contributed by atoms with Crippen molar-refractivity contribution in [1.29, 1.82) is 0 Å². The molecule has 112 valence electrons. The maximum Gasteiger partial charge on any atom is 0.0983 e. The highest BCUT2D eigenvalue weighted by atomic mass is 15.4. The number of anilines is 3. The van der Waals surface area contributed by atoms with Crippen molar-refractivity contribution in [3.8, 4) is 0 Å². The molecule has 1 aromatic carbocycles. The van der Waals surface area contributed by atoms with E-state index in [0.29, 0.717) is 12.2 Å². The molecule has 0 aromatic heterocycles. The molecule has 2 atom stereocenters. The topological polar surface area (TPSA) is 35.7 Å². The van der Waals surface area contributed by atoms with Crippen molar-refractivity contribution in [3.63, 3.8) is 0 Å². The molecule has 4 heteroatoms. The molecule has 4 nitrogen and oxygen atoms in total. The number of benzene rings is 1. The first kappa shape index (κ1) is 15.0. The van der Waals surface area contributed by atoms with Crippen molar-refractivity contribution in [2.45, 2.75) is 39.4 Å². The minimum atomic E-state index is 0.322. The van der Waals surface area contributed by atoms with Gasteiger partial charge in [0, 0.05) is 33.2 Å². The molecule has 0 saturated carbocycles. The molecule has 0 spiro atoms. The van der Waals surface area contributed by atoms with Crippen LogP contribution in [-0.2, 0) is 0 Å². The molecule has 0 amide bonds. The summed E-state index contributed by atoms with van der Waals surface area (Å²) in [6.07, 6.45) is 1.51. The summed E-state index contributed by atoms with van der Waals surface area (Å²) in [6.45, 7) is 8.28. The van der Waals surface area contributed by atoms with Gasteiger partial charge in [-0.25, -0.2) is 0 Å². The molecule has 0 radical (unpaired) electrons. The van der Waals surface area contributed by atoms with Gasteiger partial charge in [-0.2, -0.15) is 0 Å². The summed E-state index contributed by atoms with van der Waals surface area (Å²) in [5.74, 6) is 0. The molecule has 1 fully saturated rings. The Kier molecular flexibility index (Phi) is 4.43. The first-order valence-corrected chi connectivity index (χ1v) is 7.69. The summed E-state index contributed by atoms with van der Waals surface area (Å²) in [5, 5.41) is 0. The first-order valence-electron chi connectivity index (χ1n) is 7.69. The summed E-state index contributed by atoms with van der Waals surface area (Å²) in [4.78, 5) is 7.11. The van der Waals surface area contributed by atoms with Gasteiger partial charge >= 0.3 is 0 Å². The van der Waals surface area contributed by atoms with Gasteiger partial charge in [0.2, 0.25) is 0 Å². The van der Waals surface area contributed by atoms with Crippen LogP contribution in [0.15, 0.2) is 18.2 Å². The van der Waals surface area contributed by atoms with Crippen LogP contribution in [0.25, 0.3) is 0 Å². The molecule has 1 aromatic rings. The molecule has 2 N–H and O–H groups in total.